The number of hydrogen-bond donors (Lipinski definition) is 1. The maximum absolute atomic E-state index is 11.6. The highest BCUT2D eigenvalue weighted by Gasteiger charge is 2.26. The van der Waals surface area contributed by atoms with E-state index in [4.69, 9.17) is 4.74 Å². The maximum Gasteiger partial charge on any atom is 0.329 e. The van der Waals surface area contributed by atoms with Crippen molar-refractivity contribution in [2.75, 3.05) is 20.2 Å². The first-order valence-corrected chi connectivity index (χ1v) is 6.04. The van der Waals surface area contributed by atoms with E-state index in [0.717, 1.165) is 18.9 Å². The van der Waals surface area contributed by atoms with E-state index in [-0.39, 0.29) is 5.91 Å². The lowest BCUT2D eigenvalue weighted by Gasteiger charge is -2.29. The van der Waals surface area contributed by atoms with Crippen molar-refractivity contribution in [1.29, 1.82) is 0 Å². The van der Waals surface area contributed by atoms with Crippen molar-refractivity contribution in [3.05, 3.63) is 12.2 Å². The second kappa shape index (κ2) is 5.79. The van der Waals surface area contributed by atoms with E-state index in [1.54, 1.807) is 6.33 Å². The average Bonchev–Trinajstić information content (AvgIpc) is 2.84. The number of ether oxygens (including phenoxy) is 1. The van der Waals surface area contributed by atoms with E-state index in [9.17, 15) is 9.59 Å². The fraction of sp³-hybridized carbons (Fsp3) is 0.636. The van der Waals surface area contributed by atoms with E-state index >= 15 is 0 Å². The molecule has 8 nitrogen and oxygen atoms in total. The lowest BCUT2D eigenvalue weighted by atomic mass is 10.2. The first-order chi connectivity index (χ1) is 9.10. The number of rotatable bonds is 4. The topological polar surface area (TPSA) is 89.3 Å². The van der Waals surface area contributed by atoms with Crippen LogP contribution in [0.4, 0.5) is 0 Å². The summed E-state index contributed by atoms with van der Waals surface area (Å²) in [7, 11) is 1.31. The minimum atomic E-state index is -0.656. The van der Waals surface area contributed by atoms with E-state index in [2.05, 4.69) is 15.5 Å². The number of carbonyl (C=O) groups excluding carboxylic acids is 2. The van der Waals surface area contributed by atoms with Crippen LogP contribution in [0.5, 0.6) is 0 Å². The Kier molecular flexibility index (Phi) is 4.10. The summed E-state index contributed by atoms with van der Waals surface area (Å²) in [5, 5.41) is 10.4. The molecule has 1 atom stereocenters. The van der Waals surface area contributed by atoms with Gasteiger partial charge in [-0.25, -0.2) is 4.79 Å². The van der Waals surface area contributed by atoms with Crippen LogP contribution >= 0.6 is 0 Å². The molecule has 0 saturated heterocycles. The molecule has 0 aromatic carbocycles. The Hall–Kier alpha value is -1.96. The fourth-order valence-electron chi connectivity index (χ4n) is 2.10. The highest BCUT2D eigenvalue weighted by Crippen LogP contribution is 2.09. The van der Waals surface area contributed by atoms with Crippen molar-refractivity contribution in [3.63, 3.8) is 0 Å². The summed E-state index contributed by atoms with van der Waals surface area (Å²) in [5.41, 5.74) is 0. The Morgan fingerprint density at radius 1 is 1.53 bits per heavy atom. The number of amides is 1. The zero-order valence-corrected chi connectivity index (χ0v) is 11.0. The normalized spacial score (nSPS) is 16.5. The summed E-state index contributed by atoms with van der Waals surface area (Å²) in [6.45, 7) is 3.93. The molecule has 2 heterocycles. The largest absolute Gasteiger partial charge is 0.467 e. The number of nitrogens with zero attached hydrogens (tertiary/aromatic N) is 4. The molecule has 0 bridgehead atoms. The third kappa shape index (κ3) is 3.28. The summed E-state index contributed by atoms with van der Waals surface area (Å²) < 4.78 is 6.67. The fourth-order valence-corrected chi connectivity index (χ4v) is 2.10. The van der Waals surface area contributed by atoms with Gasteiger partial charge in [-0.15, -0.1) is 10.2 Å². The average molecular weight is 267 g/mol. The molecule has 0 spiro atoms. The second-order valence-corrected chi connectivity index (χ2v) is 4.45. The van der Waals surface area contributed by atoms with Gasteiger partial charge in [0.2, 0.25) is 5.91 Å². The second-order valence-electron chi connectivity index (χ2n) is 4.45. The number of methoxy groups -OCH3 is 1. The zero-order chi connectivity index (χ0) is 13.8. The molecular weight excluding hydrogens is 250 g/mol. The van der Waals surface area contributed by atoms with Gasteiger partial charge < -0.3 is 14.6 Å². The zero-order valence-electron chi connectivity index (χ0n) is 11.0. The van der Waals surface area contributed by atoms with Crippen LogP contribution < -0.4 is 5.32 Å². The summed E-state index contributed by atoms with van der Waals surface area (Å²) in [6.07, 6.45) is 1.69. The van der Waals surface area contributed by atoms with Gasteiger partial charge in [-0.1, -0.05) is 0 Å². The van der Waals surface area contributed by atoms with Crippen LogP contribution in [0, 0.1) is 0 Å². The Labute approximate surface area is 110 Å². The van der Waals surface area contributed by atoms with Crippen molar-refractivity contribution in [2.24, 2.45) is 0 Å². The monoisotopic (exact) mass is 267 g/mol. The molecule has 0 radical (unpaired) electrons. The number of carbonyl (C=O) groups is 2. The number of hydrogen-bond acceptors (Lipinski definition) is 6. The molecule has 2 rings (SSSR count). The number of nitrogens with one attached hydrogen (secondary N) is 1. The molecule has 1 aliphatic heterocycles. The summed E-state index contributed by atoms with van der Waals surface area (Å²) in [4.78, 5) is 24.8. The van der Waals surface area contributed by atoms with Gasteiger partial charge in [-0.2, -0.15) is 0 Å². The molecule has 104 valence electrons. The molecule has 8 heteroatoms. The molecule has 1 amide bonds. The van der Waals surface area contributed by atoms with Crippen LogP contribution in [-0.2, 0) is 27.4 Å². The summed E-state index contributed by atoms with van der Waals surface area (Å²) in [5.74, 6) is 0.163. The van der Waals surface area contributed by atoms with Gasteiger partial charge in [0.25, 0.3) is 0 Å². The Morgan fingerprint density at radius 3 is 3.00 bits per heavy atom. The highest BCUT2D eigenvalue weighted by molar-refractivity contribution is 5.83. The van der Waals surface area contributed by atoms with Gasteiger partial charge in [0, 0.05) is 26.6 Å². The molecule has 1 unspecified atom stereocenters. The van der Waals surface area contributed by atoms with Gasteiger partial charge >= 0.3 is 5.97 Å². The Bertz CT molecular complexity index is 473. The minimum absolute atomic E-state index is 0.254. The molecule has 1 aromatic heterocycles. The standard InChI is InChI=1S/C11H17N5O3/c1-8(17)13-9(11(18)19-2)5-15-3-4-16-7-12-14-10(16)6-15/h7,9H,3-6H2,1-2H3,(H,13,17). The molecule has 1 N–H and O–H groups in total. The third-order valence-corrected chi connectivity index (χ3v) is 3.02. The SMILES string of the molecule is COC(=O)C(CN1CCn2cnnc2C1)NC(C)=O. The van der Waals surface area contributed by atoms with E-state index < -0.39 is 12.0 Å². The highest BCUT2D eigenvalue weighted by atomic mass is 16.5. The molecule has 19 heavy (non-hydrogen) atoms. The Morgan fingerprint density at radius 2 is 2.32 bits per heavy atom. The van der Waals surface area contributed by atoms with Crippen LogP contribution in [0.3, 0.4) is 0 Å². The van der Waals surface area contributed by atoms with Crippen LogP contribution in [0.2, 0.25) is 0 Å². The predicted molar refractivity (Wildman–Crippen MR) is 64.9 cm³/mol. The van der Waals surface area contributed by atoms with Crippen LogP contribution in [0.25, 0.3) is 0 Å². The van der Waals surface area contributed by atoms with Gasteiger partial charge in [-0.3, -0.25) is 9.69 Å². The van der Waals surface area contributed by atoms with Crippen molar-refractivity contribution < 1.29 is 14.3 Å². The van der Waals surface area contributed by atoms with E-state index in [1.807, 2.05) is 9.47 Å². The lowest BCUT2D eigenvalue weighted by Crippen LogP contribution is -2.49. The smallest absolute Gasteiger partial charge is 0.329 e. The van der Waals surface area contributed by atoms with Crippen LogP contribution in [0.15, 0.2) is 6.33 Å². The number of aromatic nitrogens is 3. The first kappa shape index (κ1) is 13.5. The van der Waals surface area contributed by atoms with Crippen molar-refractivity contribution in [3.8, 4) is 0 Å². The van der Waals surface area contributed by atoms with E-state index in [0.29, 0.717) is 13.1 Å². The molecule has 1 aromatic rings. The predicted octanol–water partition coefficient (Wildman–Crippen LogP) is -1.23. The summed E-state index contributed by atoms with van der Waals surface area (Å²) >= 11 is 0. The van der Waals surface area contributed by atoms with Crippen molar-refractivity contribution in [1.82, 2.24) is 25.0 Å². The Balaban J connectivity index is 1.98. The maximum atomic E-state index is 11.6. The van der Waals surface area contributed by atoms with Crippen molar-refractivity contribution >= 4 is 11.9 Å². The van der Waals surface area contributed by atoms with E-state index in [1.165, 1.54) is 14.0 Å². The molecule has 0 fully saturated rings. The van der Waals surface area contributed by atoms with Gasteiger partial charge in [-0.05, 0) is 0 Å². The molecular formula is C11H17N5O3. The van der Waals surface area contributed by atoms with Gasteiger partial charge in [0.1, 0.15) is 18.2 Å². The molecule has 1 aliphatic rings. The van der Waals surface area contributed by atoms with Crippen LogP contribution in [0.1, 0.15) is 12.7 Å². The summed E-state index contributed by atoms with van der Waals surface area (Å²) in [6, 6.07) is -0.656. The molecule has 0 aliphatic carbocycles. The van der Waals surface area contributed by atoms with Gasteiger partial charge in [0.15, 0.2) is 0 Å². The third-order valence-electron chi connectivity index (χ3n) is 3.02. The van der Waals surface area contributed by atoms with Crippen molar-refractivity contribution in [2.45, 2.75) is 26.1 Å². The quantitative estimate of drug-likeness (QED) is 0.687. The van der Waals surface area contributed by atoms with Gasteiger partial charge in [0.05, 0.1) is 13.7 Å². The lowest BCUT2D eigenvalue weighted by molar-refractivity contribution is -0.145. The molecule has 0 saturated carbocycles. The number of esters is 1. The minimum Gasteiger partial charge on any atom is -0.467 e. The van der Waals surface area contributed by atoms with Crippen LogP contribution in [-0.4, -0.2) is 57.8 Å². The first-order valence-electron chi connectivity index (χ1n) is 6.04. The number of fused-ring (bicyclic) bond motifs is 1.